The average molecular weight is 272 g/mol. The van der Waals surface area contributed by atoms with E-state index >= 15 is 0 Å². The first-order valence-electron chi connectivity index (χ1n) is 8.46. The first kappa shape index (κ1) is 13.9. The summed E-state index contributed by atoms with van der Waals surface area (Å²) >= 11 is 0. The lowest BCUT2D eigenvalue weighted by Gasteiger charge is -2.29. The maximum Gasteiger partial charge on any atom is 0.0340 e. The first-order valence-corrected chi connectivity index (χ1v) is 8.46. The molecule has 2 aliphatic rings. The summed E-state index contributed by atoms with van der Waals surface area (Å²) in [5, 5.41) is 3.53. The zero-order valence-corrected chi connectivity index (χ0v) is 12.6. The van der Waals surface area contributed by atoms with E-state index in [0.29, 0.717) is 0 Å². The maximum atomic E-state index is 3.53. The van der Waals surface area contributed by atoms with Gasteiger partial charge in [0, 0.05) is 24.8 Å². The molecule has 0 amide bonds. The quantitative estimate of drug-likeness (QED) is 0.783. The SMILES string of the molecule is c1ccc(NCCCN2CCCC2C2CCCC2)cc1. The first-order chi connectivity index (χ1) is 9.93. The summed E-state index contributed by atoms with van der Waals surface area (Å²) in [7, 11) is 0. The Morgan fingerprint density at radius 1 is 1.00 bits per heavy atom. The Kier molecular flexibility index (Phi) is 4.96. The maximum absolute atomic E-state index is 3.53. The smallest absolute Gasteiger partial charge is 0.0340 e. The molecule has 3 rings (SSSR count). The van der Waals surface area contributed by atoms with Gasteiger partial charge in [-0.3, -0.25) is 0 Å². The monoisotopic (exact) mass is 272 g/mol. The van der Waals surface area contributed by atoms with Crippen molar-refractivity contribution in [3.05, 3.63) is 30.3 Å². The van der Waals surface area contributed by atoms with Crippen LogP contribution in [-0.4, -0.2) is 30.6 Å². The molecule has 1 saturated carbocycles. The van der Waals surface area contributed by atoms with Crippen molar-refractivity contribution >= 4 is 5.69 Å². The lowest BCUT2D eigenvalue weighted by Crippen LogP contribution is -2.35. The van der Waals surface area contributed by atoms with Crippen LogP contribution in [0.3, 0.4) is 0 Å². The van der Waals surface area contributed by atoms with Gasteiger partial charge in [-0.15, -0.1) is 0 Å². The van der Waals surface area contributed by atoms with Gasteiger partial charge >= 0.3 is 0 Å². The summed E-state index contributed by atoms with van der Waals surface area (Å²) in [5.74, 6) is 1.01. The zero-order chi connectivity index (χ0) is 13.6. The third kappa shape index (κ3) is 3.54. The molecule has 1 aliphatic heterocycles. The molecule has 20 heavy (non-hydrogen) atoms. The Morgan fingerprint density at radius 3 is 2.60 bits per heavy atom. The summed E-state index contributed by atoms with van der Waals surface area (Å²) in [6.45, 7) is 3.71. The van der Waals surface area contributed by atoms with Gasteiger partial charge in [0.25, 0.3) is 0 Å². The van der Waals surface area contributed by atoms with Gasteiger partial charge in [0.15, 0.2) is 0 Å². The minimum Gasteiger partial charge on any atom is -0.385 e. The summed E-state index contributed by atoms with van der Waals surface area (Å²) in [5.41, 5.74) is 1.25. The number of anilines is 1. The Balaban J connectivity index is 1.39. The molecule has 2 heteroatoms. The minimum absolute atomic E-state index is 0.911. The van der Waals surface area contributed by atoms with Crippen LogP contribution in [0.1, 0.15) is 44.9 Å². The van der Waals surface area contributed by atoms with E-state index in [0.717, 1.165) is 18.5 Å². The van der Waals surface area contributed by atoms with Crippen molar-refractivity contribution < 1.29 is 0 Å². The molecular formula is C18H28N2. The molecular weight excluding hydrogens is 244 g/mol. The second-order valence-corrected chi connectivity index (χ2v) is 6.44. The lowest BCUT2D eigenvalue weighted by molar-refractivity contribution is 0.190. The number of para-hydroxylation sites is 1. The van der Waals surface area contributed by atoms with Gasteiger partial charge in [-0.1, -0.05) is 31.0 Å². The summed E-state index contributed by atoms with van der Waals surface area (Å²) in [4.78, 5) is 2.78. The van der Waals surface area contributed by atoms with Gasteiger partial charge in [0.05, 0.1) is 0 Å². The highest BCUT2D eigenvalue weighted by Crippen LogP contribution is 2.35. The molecule has 0 aromatic heterocycles. The van der Waals surface area contributed by atoms with Crippen LogP contribution in [0.4, 0.5) is 5.69 Å². The fraction of sp³-hybridized carbons (Fsp3) is 0.667. The van der Waals surface area contributed by atoms with Gasteiger partial charge in [0.2, 0.25) is 0 Å². The van der Waals surface area contributed by atoms with E-state index in [1.165, 1.54) is 63.7 Å². The number of nitrogens with one attached hydrogen (secondary N) is 1. The normalized spacial score (nSPS) is 24.3. The number of likely N-dealkylation sites (tertiary alicyclic amines) is 1. The predicted molar refractivity (Wildman–Crippen MR) is 86.1 cm³/mol. The van der Waals surface area contributed by atoms with Gasteiger partial charge in [-0.25, -0.2) is 0 Å². The van der Waals surface area contributed by atoms with E-state index in [9.17, 15) is 0 Å². The summed E-state index contributed by atoms with van der Waals surface area (Å²) < 4.78 is 0. The van der Waals surface area contributed by atoms with Crippen molar-refractivity contribution in [1.82, 2.24) is 4.90 Å². The van der Waals surface area contributed by atoms with E-state index < -0.39 is 0 Å². The van der Waals surface area contributed by atoms with Crippen LogP contribution in [-0.2, 0) is 0 Å². The zero-order valence-electron chi connectivity index (χ0n) is 12.6. The van der Waals surface area contributed by atoms with Crippen molar-refractivity contribution in [1.29, 1.82) is 0 Å². The standard InChI is InChI=1S/C18H28N2/c1-2-10-17(11-3-1)19-13-7-15-20-14-6-12-18(20)16-8-4-5-9-16/h1-3,10-11,16,18-19H,4-9,12-15H2. The van der Waals surface area contributed by atoms with Crippen LogP contribution in [0.25, 0.3) is 0 Å². The number of hydrogen-bond donors (Lipinski definition) is 1. The lowest BCUT2D eigenvalue weighted by atomic mass is 9.96. The molecule has 1 atom stereocenters. The van der Waals surface area contributed by atoms with Crippen molar-refractivity contribution in [2.75, 3.05) is 25.0 Å². The van der Waals surface area contributed by atoms with Crippen molar-refractivity contribution in [2.45, 2.75) is 51.0 Å². The number of hydrogen-bond acceptors (Lipinski definition) is 2. The Hall–Kier alpha value is -1.02. The van der Waals surface area contributed by atoms with E-state index in [1.807, 2.05) is 0 Å². The molecule has 1 N–H and O–H groups in total. The third-order valence-corrected chi connectivity index (χ3v) is 5.08. The predicted octanol–water partition coefficient (Wildman–Crippen LogP) is 4.14. The molecule has 0 bridgehead atoms. The third-order valence-electron chi connectivity index (χ3n) is 5.08. The van der Waals surface area contributed by atoms with Gasteiger partial charge in [-0.2, -0.15) is 0 Å². The van der Waals surface area contributed by atoms with Crippen LogP contribution in [0.15, 0.2) is 30.3 Å². The van der Waals surface area contributed by atoms with Gasteiger partial charge in [0.1, 0.15) is 0 Å². The molecule has 110 valence electrons. The van der Waals surface area contributed by atoms with E-state index in [-0.39, 0.29) is 0 Å². The average Bonchev–Trinajstić information content (AvgIpc) is 3.15. The fourth-order valence-electron chi connectivity index (χ4n) is 4.08. The largest absolute Gasteiger partial charge is 0.385 e. The second-order valence-electron chi connectivity index (χ2n) is 6.44. The Morgan fingerprint density at radius 2 is 1.80 bits per heavy atom. The number of rotatable bonds is 6. The highest BCUT2D eigenvalue weighted by Gasteiger charge is 2.32. The molecule has 0 spiro atoms. The van der Waals surface area contributed by atoms with Crippen LogP contribution in [0.5, 0.6) is 0 Å². The summed E-state index contributed by atoms with van der Waals surface area (Å²) in [6, 6.07) is 11.5. The van der Waals surface area contributed by atoms with Crippen molar-refractivity contribution in [3.63, 3.8) is 0 Å². The number of nitrogens with zero attached hydrogens (tertiary/aromatic N) is 1. The minimum atomic E-state index is 0.911. The van der Waals surface area contributed by atoms with E-state index in [4.69, 9.17) is 0 Å². The Bertz CT molecular complexity index is 384. The number of benzene rings is 1. The van der Waals surface area contributed by atoms with Crippen LogP contribution in [0.2, 0.25) is 0 Å². The van der Waals surface area contributed by atoms with E-state index in [2.05, 4.69) is 40.5 Å². The fourth-order valence-corrected chi connectivity index (χ4v) is 4.08. The molecule has 2 nitrogen and oxygen atoms in total. The van der Waals surface area contributed by atoms with Gasteiger partial charge in [-0.05, 0) is 56.7 Å². The molecule has 1 aromatic rings. The second kappa shape index (κ2) is 7.12. The highest BCUT2D eigenvalue weighted by molar-refractivity contribution is 5.42. The topological polar surface area (TPSA) is 15.3 Å². The van der Waals surface area contributed by atoms with Gasteiger partial charge < -0.3 is 10.2 Å². The van der Waals surface area contributed by atoms with Crippen molar-refractivity contribution in [2.24, 2.45) is 5.92 Å². The summed E-state index contributed by atoms with van der Waals surface area (Å²) in [6.07, 6.45) is 10.1. The Labute approximate surface area is 123 Å². The molecule has 1 saturated heterocycles. The van der Waals surface area contributed by atoms with Crippen LogP contribution >= 0.6 is 0 Å². The molecule has 1 aromatic carbocycles. The molecule has 1 unspecified atom stereocenters. The van der Waals surface area contributed by atoms with Crippen molar-refractivity contribution in [3.8, 4) is 0 Å². The molecule has 0 radical (unpaired) electrons. The molecule has 1 aliphatic carbocycles. The molecule has 2 fully saturated rings. The highest BCUT2D eigenvalue weighted by atomic mass is 15.2. The van der Waals surface area contributed by atoms with Crippen LogP contribution < -0.4 is 5.32 Å². The van der Waals surface area contributed by atoms with E-state index in [1.54, 1.807) is 0 Å². The molecule has 1 heterocycles. The van der Waals surface area contributed by atoms with Crippen LogP contribution in [0, 0.1) is 5.92 Å².